The van der Waals surface area contributed by atoms with Gasteiger partial charge in [0.05, 0.1) is 0 Å². The Morgan fingerprint density at radius 1 is 1.00 bits per heavy atom. The van der Waals surface area contributed by atoms with Gasteiger partial charge in [0.15, 0.2) is 0 Å². The van der Waals surface area contributed by atoms with Crippen LogP contribution in [0.1, 0.15) is 31.9 Å². The highest BCUT2D eigenvalue weighted by molar-refractivity contribution is 5.39. The number of nitrogens with two attached hydrogens (primary N) is 1. The maximum absolute atomic E-state index is 4.85. The molecule has 2 N–H and O–H groups in total. The van der Waals surface area contributed by atoms with Crippen molar-refractivity contribution in [1.29, 1.82) is 0 Å². The molecule has 2 rings (SSSR count). The molecule has 1 heteroatoms. The van der Waals surface area contributed by atoms with Crippen molar-refractivity contribution in [2.24, 2.45) is 5.73 Å². The van der Waals surface area contributed by atoms with Crippen LogP contribution in [-0.4, -0.2) is 6.54 Å². The van der Waals surface area contributed by atoms with Crippen LogP contribution < -0.4 is 5.73 Å². The van der Waals surface area contributed by atoms with Crippen LogP contribution in [0.3, 0.4) is 0 Å². The van der Waals surface area contributed by atoms with E-state index in [-0.39, 0.29) is 0 Å². The molecule has 0 spiro atoms. The van der Waals surface area contributed by atoms with Crippen LogP contribution in [0.4, 0.5) is 0 Å². The fourth-order valence-corrected chi connectivity index (χ4v) is 1.78. The van der Waals surface area contributed by atoms with Gasteiger partial charge in [-0.05, 0) is 44.4 Å². The molecule has 0 saturated carbocycles. The molecule has 15 heavy (non-hydrogen) atoms. The van der Waals surface area contributed by atoms with Gasteiger partial charge in [-0.1, -0.05) is 42.3 Å². The lowest BCUT2D eigenvalue weighted by molar-refractivity contribution is 0.952. The zero-order chi connectivity index (χ0) is 11.3. The Balaban J connectivity index is 0.000000337. The summed E-state index contributed by atoms with van der Waals surface area (Å²) in [5.41, 5.74) is 11.0. The third kappa shape index (κ3) is 3.21. The second-order valence-corrected chi connectivity index (χ2v) is 4.09. The summed E-state index contributed by atoms with van der Waals surface area (Å²) in [6, 6.07) is 8.75. The van der Waals surface area contributed by atoms with Crippen LogP contribution in [0.2, 0.25) is 0 Å². The first kappa shape index (κ1) is 12.0. The summed E-state index contributed by atoms with van der Waals surface area (Å²) < 4.78 is 0. The van der Waals surface area contributed by atoms with Gasteiger partial charge in [-0.25, -0.2) is 0 Å². The number of hydrogen-bond donors (Lipinski definition) is 1. The molecule has 1 aromatic rings. The SMILES string of the molecule is CC1=C(C)Cc2ccccc2C1.CCN. The van der Waals surface area contributed by atoms with E-state index in [4.69, 9.17) is 5.73 Å². The molecular weight excluding hydrogens is 182 g/mol. The van der Waals surface area contributed by atoms with Crippen LogP contribution in [0.15, 0.2) is 35.4 Å². The molecule has 1 aromatic carbocycles. The fourth-order valence-electron chi connectivity index (χ4n) is 1.78. The van der Waals surface area contributed by atoms with E-state index in [0.717, 1.165) is 19.4 Å². The van der Waals surface area contributed by atoms with Crippen molar-refractivity contribution in [3.63, 3.8) is 0 Å². The predicted molar refractivity (Wildman–Crippen MR) is 67.0 cm³/mol. The van der Waals surface area contributed by atoms with Gasteiger partial charge in [0.2, 0.25) is 0 Å². The van der Waals surface area contributed by atoms with Crippen molar-refractivity contribution >= 4 is 0 Å². The topological polar surface area (TPSA) is 26.0 Å². The van der Waals surface area contributed by atoms with Crippen molar-refractivity contribution in [2.45, 2.75) is 33.6 Å². The van der Waals surface area contributed by atoms with Crippen molar-refractivity contribution in [2.75, 3.05) is 6.54 Å². The Kier molecular flexibility index (Phi) is 4.57. The standard InChI is InChI=1S/C12H14.C2H7N/c1-9-7-11-5-3-4-6-12(11)8-10(9)2;1-2-3/h3-6H,7-8H2,1-2H3;2-3H2,1H3. The molecule has 0 atom stereocenters. The van der Waals surface area contributed by atoms with E-state index in [2.05, 4.69) is 38.1 Å². The van der Waals surface area contributed by atoms with E-state index >= 15 is 0 Å². The second kappa shape index (κ2) is 5.72. The minimum Gasteiger partial charge on any atom is -0.331 e. The van der Waals surface area contributed by atoms with Gasteiger partial charge < -0.3 is 5.73 Å². The number of rotatable bonds is 0. The highest BCUT2D eigenvalue weighted by atomic mass is 14.5. The molecule has 0 bridgehead atoms. The van der Waals surface area contributed by atoms with E-state index < -0.39 is 0 Å². The van der Waals surface area contributed by atoms with Gasteiger partial charge in [-0.15, -0.1) is 0 Å². The third-order valence-electron chi connectivity index (χ3n) is 2.76. The maximum Gasteiger partial charge on any atom is -0.00643 e. The molecule has 1 aliphatic carbocycles. The van der Waals surface area contributed by atoms with Crippen molar-refractivity contribution in [3.05, 3.63) is 46.5 Å². The molecule has 82 valence electrons. The molecule has 0 saturated heterocycles. The first-order chi connectivity index (χ1) is 7.19. The molecule has 1 nitrogen and oxygen atoms in total. The summed E-state index contributed by atoms with van der Waals surface area (Å²) >= 11 is 0. The second-order valence-electron chi connectivity index (χ2n) is 4.09. The number of benzene rings is 1. The van der Waals surface area contributed by atoms with Crippen LogP contribution in [-0.2, 0) is 12.8 Å². The number of hydrogen-bond acceptors (Lipinski definition) is 1. The zero-order valence-electron chi connectivity index (χ0n) is 10.0. The molecule has 0 unspecified atom stereocenters. The summed E-state index contributed by atoms with van der Waals surface area (Å²) in [5.74, 6) is 0. The summed E-state index contributed by atoms with van der Waals surface area (Å²) in [5, 5.41) is 0. The van der Waals surface area contributed by atoms with E-state index in [9.17, 15) is 0 Å². The summed E-state index contributed by atoms with van der Waals surface area (Å²) in [6.45, 7) is 7.14. The average Bonchev–Trinajstić information content (AvgIpc) is 2.21. The normalized spacial score (nSPS) is 14.1. The van der Waals surface area contributed by atoms with E-state index in [1.807, 2.05) is 6.92 Å². The Bertz CT molecular complexity index is 317. The van der Waals surface area contributed by atoms with Crippen molar-refractivity contribution in [3.8, 4) is 0 Å². The lowest BCUT2D eigenvalue weighted by Crippen LogP contribution is -2.04. The highest BCUT2D eigenvalue weighted by Gasteiger charge is 2.10. The van der Waals surface area contributed by atoms with Gasteiger partial charge in [-0.2, -0.15) is 0 Å². The molecule has 0 aliphatic heterocycles. The van der Waals surface area contributed by atoms with E-state index in [0.29, 0.717) is 0 Å². The third-order valence-corrected chi connectivity index (χ3v) is 2.76. The van der Waals surface area contributed by atoms with Crippen LogP contribution in [0, 0.1) is 0 Å². The highest BCUT2D eigenvalue weighted by Crippen LogP contribution is 2.24. The quantitative estimate of drug-likeness (QED) is 0.644. The van der Waals surface area contributed by atoms with Crippen LogP contribution >= 0.6 is 0 Å². The molecule has 0 radical (unpaired) electrons. The van der Waals surface area contributed by atoms with Gasteiger partial charge in [0.25, 0.3) is 0 Å². The minimum absolute atomic E-state index is 0.750. The molecule has 0 fully saturated rings. The largest absolute Gasteiger partial charge is 0.331 e. The van der Waals surface area contributed by atoms with E-state index in [1.165, 1.54) is 11.1 Å². The van der Waals surface area contributed by atoms with Crippen LogP contribution in [0.25, 0.3) is 0 Å². The lowest BCUT2D eigenvalue weighted by Gasteiger charge is -2.18. The monoisotopic (exact) mass is 203 g/mol. The van der Waals surface area contributed by atoms with Crippen LogP contribution in [0.5, 0.6) is 0 Å². The number of allylic oxidation sites excluding steroid dienone is 2. The molecule has 1 aliphatic rings. The van der Waals surface area contributed by atoms with E-state index in [1.54, 1.807) is 11.1 Å². The molecule has 0 heterocycles. The molecule has 0 amide bonds. The fraction of sp³-hybridized carbons (Fsp3) is 0.429. The van der Waals surface area contributed by atoms with Gasteiger partial charge in [0, 0.05) is 0 Å². The predicted octanol–water partition coefficient (Wildman–Crippen LogP) is 3.09. The van der Waals surface area contributed by atoms with Crippen molar-refractivity contribution in [1.82, 2.24) is 0 Å². The summed E-state index contributed by atoms with van der Waals surface area (Å²) in [4.78, 5) is 0. The summed E-state index contributed by atoms with van der Waals surface area (Å²) in [6.07, 6.45) is 2.31. The minimum atomic E-state index is 0.750. The smallest absolute Gasteiger partial charge is 0.00643 e. The molecule has 0 aromatic heterocycles. The Morgan fingerprint density at radius 2 is 1.33 bits per heavy atom. The summed E-state index contributed by atoms with van der Waals surface area (Å²) in [7, 11) is 0. The van der Waals surface area contributed by atoms with Crippen molar-refractivity contribution < 1.29 is 0 Å². The Hall–Kier alpha value is -1.08. The van der Waals surface area contributed by atoms with Gasteiger partial charge in [0.1, 0.15) is 0 Å². The number of fused-ring (bicyclic) bond motifs is 1. The average molecular weight is 203 g/mol. The lowest BCUT2D eigenvalue weighted by atomic mass is 9.88. The molecular formula is C14H21N. The Morgan fingerprint density at radius 3 is 1.67 bits per heavy atom. The maximum atomic E-state index is 4.85. The van der Waals surface area contributed by atoms with Gasteiger partial charge >= 0.3 is 0 Å². The van der Waals surface area contributed by atoms with Gasteiger partial charge in [-0.3, -0.25) is 0 Å². The zero-order valence-corrected chi connectivity index (χ0v) is 10.0. The Labute approximate surface area is 93.0 Å². The first-order valence-corrected chi connectivity index (χ1v) is 5.61. The first-order valence-electron chi connectivity index (χ1n) is 5.61.